The van der Waals surface area contributed by atoms with Gasteiger partial charge in [0.25, 0.3) is 29.2 Å². The van der Waals surface area contributed by atoms with E-state index in [-0.39, 0.29) is 52.6 Å². The highest BCUT2D eigenvalue weighted by atomic mass is 32.1. The third-order valence-electron chi connectivity index (χ3n) is 24.7. The molecule has 0 bridgehead atoms. The molecular formula is C93H108N34O6S. The van der Waals surface area contributed by atoms with Crippen molar-refractivity contribution in [1.29, 1.82) is 0 Å². The Hall–Kier alpha value is -14.8. The number of aromatic amines is 1. The number of primary amides is 1. The molecule has 15 aromatic rings. The molecule has 2 saturated carbocycles. The van der Waals surface area contributed by atoms with Crippen molar-refractivity contribution in [3.8, 4) is 33.5 Å². The van der Waals surface area contributed by atoms with Crippen molar-refractivity contribution >= 4 is 109 Å². The zero-order valence-electron chi connectivity index (χ0n) is 75.1. The quantitative estimate of drug-likeness (QED) is 0.0320. The summed E-state index contributed by atoms with van der Waals surface area (Å²) in [4.78, 5) is 114. The summed E-state index contributed by atoms with van der Waals surface area (Å²) in [6.45, 7) is 15.7. The zero-order chi connectivity index (χ0) is 92.1. The van der Waals surface area contributed by atoms with E-state index in [1.807, 2.05) is 93.1 Å². The summed E-state index contributed by atoms with van der Waals surface area (Å²) in [6.07, 6.45) is 36.8. The van der Waals surface area contributed by atoms with Gasteiger partial charge in [-0.15, -0.1) is 21.5 Å². The minimum atomic E-state index is -0.719. The highest BCUT2D eigenvalue weighted by Gasteiger charge is 2.32. The fraction of sp³-hybridized carbons (Fsp3) is 0.366. The molecule has 40 nitrogen and oxygen atoms in total. The number of aryl methyl sites for hydroxylation is 4. The maximum Gasteiger partial charge on any atom is 0.274 e. The highest BCUT2D eigenvalue weighted by Crippen LogP contribution is 2.39. The Morgan fingerprint density at radius 3 is 1.78 bits per heavy atom. The van der Waals surface area contributed by atoms with Gasteiger partial charge in [-0.05, 0) is 131 Å². The van der Waals surface area contributed by atoms with Crippen LogP contribution in [0.15, 0.2) is 182 Å². The monoisotopic (exact) mass is 1830 g/mol. The number of amides is 4. The van der Waals surface area contributed by atoms with Crippen LogP contribution < -0.4 is 68.5 Å². The van der Waals surface area contributed by atoms with Gasteiger partial charge in [0.2, 0.25) is 5.95 Å². The number of fused-ring (bicyclic) bond motifs is 3. The number of anilines is 9. The summed E-state index contributed by atoms with van der Waals surface area (Å²) >= 11 is 1.53. The van der Waals surface area contributed by atoms with Crippen molar-refractivity contribution in [3.63, 3.8) is 0 Å². The van der Waals surface area contributed by atoms with Crippen LogP contribution in [0.5, 0.6) is 0 Å². The van der Waals surface area contributed by atoms with E-state index in [0.717, 1.165) is 141 Å². The number of hydrogen-bond donors (Lipinski definition) is 9. The van der Waals surface area contributed by atoms with Crippen LogP contribution in [-0.4, -0.2) is 248 Å². The van der Waals surface area contributed by atoms with Crippen molar-refractivity contribution in [2.75, 3.05) is 138 Å². The Morgan fingerprint density at radius 1 is 0.545 bits per heavy atom. The first-order valence-corrected chi connectivity index (χ1v) is 46.3. The number of thiazole rings is 1. The number of benzene rings is 1. The molecule has 6 aliphatic rings. The first-order chi connectivity index (χ1) is 65.4. The smallest absolute Gasteiger partial charge is 0.274 e. The third-order valence-corrected chi connectivity index (χ3v) is 25.8. The molecule has 6 fully saturated rings. The Labute approximate surface area is 775 Å². The topological polar surface area (TPSA) is 460 Å². The lowest BCUT2D eigenvalue weighted by Crippen LogP contribution is -2.50. The van der Waals surface area contributed by atoms with E-state index in [4.69, 9.17) is 36.4 Å². The number of morpholine rings is 1. The highest BCUT2D eigenvalue weighted by molar-refractivity contribution is 7.22. The molecule has 2 aliphatic carbocycles. The van der Waals surface area contributed by atoms with Gasteiger partial charge in [0, 0.05) is 196 Å². The third kappa shape index (κ3) is 21.0. The molecule has 0 spiro atoms. The Kier molecular flexibility index (Phi) is 27.7. The van der Waals surface area contributed by atoms with Gasteiger partial charge < -0.3 is 67.7 Å². The molecule has 41 heteroatoms. The molecular weight excluding hydrogens is 1720 g/mol. The molecule has 0 radical (unpaired) electrons. The number of nitrogens with zero attached hydrogens (tertiary/aromatic N) is 25. The normalized spacial score (nSPS) is 17.3. The van der Waals surface area contributed by atoms with E-state index < -0.39 is 11.8 Å². The molecule has 0 unspecified atom stereocenters. The van der Waals surface area contributed by atoms with Gasteiger partial charge in [-0.1, -0.05) is 62.8 Å². The van der Waals surface area contributed by atoms with Crippen LogP contribution in [0, 0.1) is 13.8 Å². The van der Waals surface area contributed by atoms with Crippen LogP contribution in [0.4, 0.5) is 52.1 Å². The fourth-order valence-corrected chi connectivity index (χ4v) is 18.6. The minimum absolute atomic E-state index is 0.00531. The molecule has 14 aromatic heterocycles. The lowest BCUT2D eigenvalue weighted by atomic mass is 9.91. The first-order valence-electron chi connectivity index (χ1n) is 45.5. The molecule has 3 atom stereocenters. The van der Waals surface area contributed by atoms with E-state index in [0.29, 0.717) is 106 Å². The molecule has 4 aliphatic heterocycles. The van der Waals surface area contributed by atoms with Gasteiger partial charge in [-0.3, -0.25) is 48.2 Å². The lowest BCUT2D eigenvalue weighted by Gasteiger charge is -2.39. The van der Waals surface area contributed by atoms with Gasteiger partial charge >= 0.3 is 0 Å². The number of nitrogens with one attached hydrogen (secondary N) is 7. The van der Waals surface area contributed by atoms with Gasteiger partial charge in [0.05, 0.1) is 59.1 Å². The average molecular weight is 1830 g/mol. The summed E-state index contributed by atoms with van der Waals surface area (Å²) in [7, 11) is 3.43. The van der Waals surface area contributed by atoms with Crippen molar-refractivity contribution in [3.05, 3.63) is 222 Å². The van der Waals surface area contributed by atoms with Gasteiger partial charge in [-0.25, -0.2) is 38.9 Å². The van der Waals surface area contributed by atoms with E-state index in [1.54, 1.807) is 111 Å². The fourth-order valence-electron chi connectivity index (χ4n) is 17.6. The summed E-state index contributed by atoms with van der Waals surface area (Å²) in [6, 6.07) is 31.7. The number of piperazine rings is 2. The van der Waals surface area contributed by atoms with E-state index in [9.17, 15) is 24.0 Å². The minimum Gasteiger partial charge on any atom is -0.380 e. The van der Waals surface area contributed by atoms with Crippen molar-refractivity contribution < 1.29 is 23.9 Å². The Morgan fingerprint density at radius 2 is 1.17 bits per heavy atom. The van der Waals surface area contributed by atoms with Crippen LogP contribution in [0.1, 0.15) is 130 Å². The molecule has 21 rings (SSSR count). The number of pyridine rings is 4. The second kappa shape index (κ2) is 41.3. The SMILES string of the molecule is Cc1ccc(-n2nc(N3CCN(C4CCCCCC4)CC3)cc2NC(=O)c2cnn3cccnc23)nc1.Cc1ccc(-n2nc(N3CCN(c4ccncc4)CC3)cc2NC(=O)c2cnn3cccnc23)nc1.Cn1cc(-c2cccc(C(=O)Nc3cn(C)nc3C(N)=O)n2)cn1.N[C@H]1CCCC[C@H]1Nc1cccc2nc(-c3c(N[C@@H]4CCCNC4)nc(N4CCOCC4)[nH]c3=O)sc12. The summed E-state index contributed by atoms with van der Waals surface area (Å²) in [5, 5.41) is 46.2. The van der Waals surface area contributed by atoms with Crippen molar-refractivity contribution in [2.24, 2.45) is 25.6 Å². The number of hydrogen-bond acceptors (Lipinski definition) is 30. The number of aromatic nitrogens is 21. The average Bonchev–Trinajstić information content (AvgIpc) is 1.70. The molecule has 11 N–H and O–H groups in total. The van der Waals surface area contributed by atoms with Crippen molar-refractivity contribution in [1.82, 2.24) is 113 Å². The summed E-state index contributed by atoms with van der Waals surface area (Å²) < 4.78 is 16.1. The van der Waals surface area contributed by atoms with E-state index in [2.05, 4.69) is 118 Å². The molecule has 692 valence electrons. The largest absolute Gasteiger partial charge is 0.380 e. The van der Waals surface area contributed by atoms with Crippen LogP contribution in [0.3, 0.4) is 0 Å². The molecule has 4 amide bonds. The Bertz CT molecular complexity index is 6640. The van der Waals surface area contributed by atoms with Crippen LogP contribution in [0.2, 0.25) is 0 Å². The number of rotatable bonds is 20. The van der Waals surface area contributed by atoms with Crippen LogP contribution >= 0.6 is 11.3 Å². The maximum absolute atomic E-state index is 13.6. The number of carbonyl (C=O) groups is 4. The van der Waals surface area contributed by atoms with Gasteiger partial charge in [0.1, 0.15) is 44.8 Å². The second-order valence-electron chi connectivity index (χ2n) is 34.1. The Balaban J connectivity index is 0.000000121. The number of piperidine rings is 1. The lowest BCUT2D eigenvalue weighted by molar-refractivity contribution is 0.0991. The van der Waals surface area contributed by atoms with Crippen LogP contribution in [-0.2, 0) is 18.8 Å². The zero-order valence-corrected chi connectivity index (χ0v) is 75.9. The van der Waals surface area contributed by atoms with E-state index >= 15 is 0 Å². The number of ether oxygens (including phenoxy) is 1. The predicted octanol–water partition coefficient (Wildman–Crippen LogP) is 9.60. The van der Waals surface area contributed by atoms with Crippen molar-refractivity contribution in [2.45, 2.75) is 115 Å². The van der Waals surface area contributed by atoms with Gasteiger partial charge in [-0.2, -0.15) is 34.7 Å². The molecule has 18 heterocycles. The van der Waals surface area contributed by atoms with Gasteiger partial charge in [0.15, 0.2) is 40.3 Å². The number of nitrogens with two attached hydrogens (primary N) is 2. The maximum atomic E-state index is 13.6. The predicted molar refractivity (Wildman–Crippen MR) is 514 cm³/mol. The van der Waals surface area contributed by atoms with Crippen LogP contribution in [0.25, 0.3) is 55.0 Å². The second-order valence-corrected chi connectivity index (χ2v) is 35.1. The van der Waals surface area contributed by atoms with E-state index in [1.165, 1.54) is 86.0 Å². The standard InChI is InChI=1S/C27H33N9O.C26H36N8O2S.C25H24N10O.C15H15N7O2/c1-20-9-10-23(29-18-20)36-24(31-27(37)22-19-30-35-12-6-11-28-26(22)35)17-25(32-36)34-15-13-33(14-16-34)21-7-4-2-3-5-8-21;27-17-6-1-2-7-18(17)30-19-8-3-9-20-22(19)37-25(31-20)21-23(29-16-5-4-10-28-15-16)32-26(33-24(21)35)34-11-13-36-14-12-34;1-18-3-4-21(28-16-18)35-22(30-25(36)20-17-29-34-10-2-7-27-24(20)34)15-23(31-35)33-13-11-32(12-14-33)19-5-8-26-9-6-19;1-21-7-9(6-17-21)10-4-3-5-11(18-10)15(24)19-12-8-22(2)20-13(12)14(16)23/h6,9-12,17-19,21H,2-5,7-8,13-16H2,1H3,(H,31,37);3,8-9,16-18,28,30H,1-2,4-7,10-15,27H2,(H2,29,32,33,35);2-10,15-17H,11-14H2,1H3,(H,30,36);3-8H,1-2H3,(H2,16,23)(H,19,24)/t;16-,17+,18-;;/m.1../s1. The molecule has 134 heavy (non-hydrogen) atoms. The first kappa shape index (κ1) is 89.8. The number of H-pyrrole nitrogens is 1. The summed E-state index contributed by atoms with van der Waals surface area (Å²) in [5.41, 5.74) is 20.8. The summed E-state index contributed by atoms with van der Waals surface area (Å²) in [5.74, 6) is 3.39. The molecule has 4 saturated heterocycles. The molecule has 1 aromatic carbocycles. The number of carbonyl (C=O) groups excluding carboxylic acids is 4.